The number of hydrogen-bond acceptors (Lipinski definition) is 3. The van der Waals surface area contributed by atoms with Crippen LogP contribution in [0.25, 0.3) is 11.3 Å². The van der Waals surface area contributed by atoms with E-state index in [4.69, 9.17) is 4.74 Å². The first-order valence-electron chi connectivity index (χ1n) is 6.02. The van der Waals surface area contributed by atoms with Gasteiger partial charge in [0.05, 0.1) is 5.69 Å². The number of hydrogen-bond donors (Lipinski definition) is 0. The largest absolute Gasteiger partial charge is 0.460 e. The number of aromatic nitrogens is 1. The zero-order valence-electron chi connectivity index (χ0n) is 9.87. The van der Waals surface area contributed by atoms with E-state index < -0.39 is 0 Å². The topological polar surface area (TPSA) is 39.2 Å². The SMILES string of the molecule is O=COC1CCc2cc(-c3ccccn3)ccc21. The summed E-state index contributed by atoms with van der Waals surface area (Å²) in [5.74, 6) is 0. The molecule has 1 aromatic heterocycles. The van der Waals surface area contributed by atoms with E-state index in [1.165, 1.54) is 5.56 Å². The molecule has 3 nitrogen and oxygen atoms in total. The molecule has 0 fully saturated rings. The number of nitrogens with zero attached hydrogens (tertiary/aromatic N) is 1. The van der Waals surface area contributed by atoms with Crippen molar-refractivity contribution in [3.63, 3.8) is 0 Å². The van der Waals surface area contributed by atoms with Gasteiger partial charge in [-0.2, -0.15) is 0 Å². The number of carbonyl (C=O) groups is 1. The first kappa shape index (κ1) is 11.0. The summed E-state index contributed by atoms with van der Waals surface area (Å²) in [7, 11) is 0. The molecule has 0 saturated heterocycles. The highest BCUT2D eigenvalue weighted by Crippen LogP contribution is 2.35. The van der Waals surface area contributed by atoms with Crippen molar-refractivity contribution in [2.45, 2.75) is 18.9 Å². The fourth-order valence-corrected chi connectivity index (χ4v) is 2.48. The zero-order valence-corrected chi connectivity index (χ0v) is 9.87. The molecule has 0 saturated carbocycles. The maximum absolute atomic E-state index is 10.4. The van der Waals surface area contributed by atoms with E-state index in [-0.39, 0.29) is 6.10 Å². The number of carbonyl (C=O) groups excluding carboxylic acids is 1. The lowest BCUT2D eigenvalue weighted by molar-refractivity contribution is -0.133. The van der Waals surface area contributed by atoms with Gasteiger partial charge in [0.15, 0.2) is 0 Å². The maximum Gasteiger partial charge on any atom is 0.293 e. The van der Waals surface area contributed by atoms with Gasteiger partial charge in [-0.25, -0.2) is 0 Å². The molecule has 0 bridgehead atoms. The van der Waals surface area contributed by atoms with Gasteiger partial charge in [-0.05, 0) is 42.2 Å². The van der Waals surface area contributed by atoms with Gasteiger partial charge in [-0.1, -0.05) is 18.2 Å². The fraction of sp³-hybridized carbons (Fsp3) is 0.200. The molecule has 0 spiro atoms. The minimum absolute atomic E-state index is 0.0738. The van der Waals surface area contributed by atoms with Crippen LogP contribution in [0.5, 0.6) is 0 Å². The molecule has 0 aliphatic heterocycles. The second kappa shape index (κ2) is 4.61. The summed E-state index contributed by atoms with van der Waals surface area (Å²) in [4.78, 5) is 14.8. The first-order chi connectivity index (χ1) is 8.88. The van der Waals surface area contributed by atoms with Gasteiger partial charge in [-0.3, -0.25) is 9.78 Å². The summed E-state index contributed by atoms with van der Waals surface area (Å²) < 4.78 is 5.08. The molecule has 1 unspecified atom stereocenters. The Labute approximate surface area is 105 Å². The smallest absolute Gasteiger partial charge is 0.293 e. The van der Waals surface area contributed by atoms with Crippen molar-refractivity contribution < 1.29 is 9.53 Å². The van der Waals surface area contributed by atoms with Crippen molar-refractivity contribution in [1.82, 2.24) is 4.98 Å². The molecule has 3 rings (SSSR count). The minimum Gasteiger partial charge on any atom is -0.460 e. The van der Waals surface area contributed by atoms with Crippen molar-refractivity contribution in [3.8, 4) is 11.3 Å². The van der Waals surface area contributed by atoms with E-state index in [0.29, 0.717) is 6.47 Å². The summed E-state index contributed by atoms with van der Waals surface area (Å²) >= 11 is 0. The van der Waals surface area contributed by atoms with E-state index in [0.717, 1.165) is 29.7 Å². The summed E-state index contributed by atoms with van der Waals surface area (Å²) in [5, 5.41) is 0. The average molecular weight is 239 g/mol. The van der Waals surface area contributed by atoms with Crippen LogP contribution in [-0.4, -0.2) is 11.5 Å². The lowest BCUT2D eigenvalue weighted by Gasteiger charge is -2.09. The number of aryl methyl sites for hydroxylation is 1. The monoisotopic (exact) mass is 239 g/mol. The van der Waals surface area contributed by atoms with Crippen LogP contribution in [0.3, 0.4) is 0 Å². The Morgan fingerprint density at radius 2 is 2.22 bits per heavy atom. The third-order valence-electron chi connectivity index (χ3n) is 3.35. The Kier molecular flexibility index (Phi) is 2.81. The fourth-order valence-electron chi connectivity index (χ4n) is 2.48. The van der Waals surface area contributed by atoms with Crippen LogP contribution in [0.1, 0.15) is 23.7 Å². The quantitative estimate of drug-likeness (QED) is 0.773. The first-order valence-corrected chi connectivity index (χ1v) is 6.02. The predicted octanol–water partition coefficient (Wildman–Crippen LogP) is 2.91. The molecule has 3 heteroatoms. The van der Waals surface area contributed by atoms with E-state index in [1.54, 1.807) is 6.20 Å². The van der Waals surface area contributed by atoms with Gasteiger partial charge in [-0.15, -0.1) is 0 Å². The van der Waals surface area contributed by atoms with E-state index >= 15 is 0 Å². The van der Waals surface area contributed by atoms with Gasteiger partial charge in [0, 0.05) is 11.8 Å². The van der Waals surface area contributed by atoms with Crippen molar-refractivity contribution in [2.24, 2.45) is 0 Å². The van der Waals surface area contributed by atoms with Crippen molar-refractivity contribution >= 4 is 6.47 Å². The van der Waals surface area contributed by atoms with Crippen LogP contribution >= 0.6 is 0 Å². The van der Waals surface area contributed by atoms with Crippen molar-refractivity contribution in [1.29, 1.82) is 0 Å². The van der Waals surface area contributed by atoms with E-state index in [2.05, 4.69) is 11.1 Å². The van der Waals surface area contributed by atoms with Gasteiger partial charge >= 0.3 is 0 Å². The highest BCUT2D eigenvalue weighted by molar-refractivity contribution is 5.61. The van der Waals surface area contributed by atoms with Gasteiger partial charge in [0.2, 0.25) is 0 Å². The Hall–Kier alpha value is -2.16. The zero-order chi connectivity index (χ0) is 12.4. The van der Waals surface area contributed by atoms with Crippen LogP contribution < -0.4 is 0 Å². The second-order valence-corrected chi connectivity index (χ2v) is 4.39. The standard InChI is InChI=1S/C15H13NO2/c17-10-18-15-7-5-11-9-12(4-6-13(11)15)14-3-1-2-8-16-14/h1-4,6,8-10,15H,5,7H2. The summed E-state index contributed by atoms with van der Waals surface area (Å²) in [6.07, 6.45) is 3.55. The molecule has 0 radical (unpaired) electrons. The predicted molar refractivity (Wildman–Crippen MR) is 67.9 cm³/mol. The van der Waals surface area contributed by atoms with Crippen molar-refractivity contribution in [2.75, 3.05) is 0 Å². The van der Waals surface area contributed by atoms with Gasteiger partial charge in [0.25, 0.3) is 6.47 Å². The van der Waals surface area contributed by atoms with Crippen LogP contribution in [0, 0.1) is 0 Å². The third-order valence-corrected chi connectivity index (χ3v) is 3.35. The van der Waals surface area contributed by atoms with Crippen LogP contribution in [0.2, 0.25) is 0 Å². The summed E-state index contributed by atoms with van der Waals surface area (Å²) in [5.41, 5.74) is 4.47. The lowest BCUT2D eigenvalue weighted by Crippen LogP contribution is -1.97. The van der Waals surface area contributed by atoms with Crippen LogP contribution in [-0.2, 0) is 16.0 Å². The molecule has 18 heavy (non-hydrogen) atoms. The molecule has 1 aliphatic rings. The Bertz CT molecular complexity index is 566. The molecule has 1 aromatic carbocycles. The highest BCUT2D eigenvalue weighted by Gasteiger charge is 2.23. The van der Waals surface area contributed by atoms with Gasteiger partial charge in [0.1, 0.15) is 6.10 Å². The maximum atomic E-state index is 10.4. The molecular formula is C15H13NO2. The normalized spacial score (nSPS) is 17.2. The number of fused-ring (bicyclic) bond motifs is 1. The lowest BCUT2D eigenvalue weighted by atomic mass is 10.0. The molecule has 90 valence electrons. The van der Waals surface area contributed by atoms with E-state index in [9.17, 15) is 4.79 Å². The third kappa shape index (κ3) is 1.88. The van der Waals surface area contributed by atoms with Crippen LogP contribution in [0.4, 0.5) is 0 Å². The molecule has 2 aromatic rings. The Morgan fingerprint density at radius 1 is 1.28 bits per heavy atom. The summed E-state index contributed by atoms with van der Waals surface area (Å²) in [6.45, 7) is 0.534. The molecule has 0 N–H and O–H groups in total. The van der Waals surface area contributed by atoms with Crippen LogP contribution in [0.15, 0.2) is 42.6 Å². The molecule has 1 atom stereocenters. The Balaban J connectivity index is 1.96. The number of benzene rings is 1. The van der Waals surface area contributed by atoms with Gasteiger partial charge < -0.3 is 4.74 Å². The van der Waals surface area contributed by atoms with Crippen molar-refractivity contribution in [3.05, 3.63) is 53.7 Å². The number of pyridine rings is 1. The molecular weight excluding hydrogens is 226 g/mol. The summed E-state index contributed by atoms with van der Waals surface area (Å²) in [6, 6.07) is 12.1. The molecule has 1 aliphatic carbocycles. The Morgan fingerprint density at radius 3 is 3.00 bits per heavy atom. The average Bonchev–Trinajstić information content (AvgIpc) is 2.83. The number of rotatable bonds is 3. The molecule has 0 amide bonds. The number of ether oxygens (including phenoxy) is 1. The minimum atomic E-state index is -0.0738. The molecule has 1 heterocycles. The highest BCUT2D eigenvalue weighted by atomic mass is 16.5. The second-order valence-electron chi connectivity index (χ2n) is 4.39. The van der Waals surface area contributed by atoms with E-state index in [1.807, 2.05) is 30.3 Å².